The van der Waals surface area contributed by atoms with Crippen LogP contribution in [0.2, 0.25) is 0 Å². The molecule has 1 N–H and O–H groups in total. The third-order valence-corrected chi connectivity index (χ3v) is 3.34. The highest BCUT2D eigenvalue weighted by Crippen LogP contribution is 2.16. The van der Waals surface area contributed by atoms with Gasteiger partial charge in [0.2, 0.25) is 0 Å². The molecule has 0 fully saturated rings. The van der Waals surface area contributed by atoms with Crippen LogP contribution >= 0.6 is 0 Å². The summed E-state index contributed by atoms with van der Waals surface area (Å²) in [4.78, 5) is 8.77. The smallest absolute Gasteiger partial charge is 0.145 e. The van der Waals surface area contributed by atoms with Crippen LogP contribution in [0.25, 0.3) is 0 Å². The Morgan fingerprint density at radius 1 is 1.05 bits per heavy atom. The molecular formula is C17H23N3. The van der Waals surface area contributed by atoms with E-state index in [1.165, 1.54) is 5.56 Å². The Labute approximate surface area is 121 Å². The molecule has 3 nitrogen and oxygen atoms in total. The maximum atomic E-state index is 4.38. The number of hydrogen-bond donors (Lipinski definition) is 1. The minimum Gasteiger partial charge on any atom is -0.307 e. The summed E-state index contributed by atoms with van der Waals surface area (Å²) in [6, 6.07) is 12.8. The topological polar surface area (TPSA) is 37.8 Å². The van der Waals surface area contributed by atoms with Crippen molar-refractivity contribution in [1.82, 2.24) is 15.3 Å². The molecule has 106 valence electrons. The SMILES string of the molecule is CCCNC(CCCc1ccccc1)c1ncccn1. The fraction of sp³-hybridized carbons (Fsp3) is 0.412. The molecule has 1 aromatic carbocycles. The van der Waals surface area contributed by atoms with E-state index in [1.807, 2.05) is 18.5 Å². The Hall–Kier alpha value is -1.74. The zero-order chi connectivity index (χ0) is 14.0. The van der Waals surface area contributed by atoms with E-state index in [0.717, 1.165) is 38.1 Å². The largest absolute Gasteiger partial charge is 0.307 e. The number of nitrogens with zero attached hydrogens (tertiary/aromatic N) is 2. The zero-order valence-electron chi connectivity index (χ0n) is 12.1. The van der Waals surface area contributed by atoms with Crippen molar-refractivity contribution in [3.05, 3.63) is 60.2 Å². The van der Waals surface area contributed by atoms with Crippen molar-refractivity contribution in [3.63, 3.8) is 0 Å². The number of hydrogen-bond acceptors (Lipinski definition) is 3. The van der Waals surface area contributed by atoms with Crippen molar-refractivity contribution in [3.8, 4) is 0 Å². The molecule has 1 atom stereocenters. The number of benzene rings is 1. The highest BCUT2D eigenvalue weighted by Gasteiger charge is 2.12. The van der Waals surface area contributed by atoms with Crippen molar-refractivity contribution >= 4 is 0 Å². The number of nitrogens with one attached hydrogen (secondary N) is 1. The van der Waals surface area contributed by atoms with E-state index in [4.69, 9.17) is 0 Å². The van der Waals surface area contributed by atoms with E-state index >= 15 is 0 Å². The van der Waals surface area contributed by atoms with Crippen LogP contribution in [-0.2, 0) is 6.42 Å². The van der Waals surface area contributed by atoms with Crippen LogP contribution in [0.4, 0.5) is 0 Å². The summed E-state index contributed by atoms with van der Waals surface area (Å²) in [5, 5.41) is 3.55. The van der Waals surface area contributed by atoms with Gasteiger partial charge in [-0.15, -0.1) is 0 Å². The van der Waals surface area contributed by atoms with Gasteiger partial charge in [0.25, 0.3) is 0 Å². The number of rotatable bonds is 8. The summed E-state index contributed by atoms with van der Waals surface area (Å²) < 4.78 is 0. The molecule has 0 radical (unpaired) electrons. The van der Waals surface area contributed by atoms with Crippen LogP contribution in [0, 0.1) is 0 Å². The summed E-state index contributed by atoms with van der Waals surface area (Å²) in [6.45, 7) is 3.19. The van der Waals surface area contributed by atoms with E-state index in [2.05, 4.69) is 52.5 Å². The predicted octanol–water partition coefficient (Wildman–Crippen LogP) is 3.54. The minimum atomic E-state index is 0.264. The lowest BCUT2D eigenvalue weighted by molar-refractivity contribution is 0.463. The van der Waals surface area contributed by atoms with Crippen molar-refractivity contribution < 1.29 is 0 Å². The van der Waals surface area contributed by atoms with Gasteiger partial charge in [-0.05, 0) is 43.9 Å². The van der Waals surface area contributed by atoms with Crippen molar-refractivity contribution in [2.24, 2.45) is 0 Å². The number of aryl methyl sites for hydroxylation is 1. The summed E-state index contributed by atoms with van der Waals surface area (Å²) in [7, 11) is 0. The van der Waals surface area contributed by atoms with Gasteiger partial charge in [0.15, 0.2) is 0 Å². The summed E-state index contributed by atoms with van der Waals surface area (Å²) in [6.07, 6.45) is 8.09. The van der Waals surface area contributed by atoms with Gasteiger partial charge >= 0.3 is 0 Å². The maximum Gasteiger partial charge on any atom is 0.145 e. The van der Waals surface area contributed by atoms with Crippen molar-refractivity contribution in [1.29, 1.82) is 0 Å². The molecule has 0 amide bonds. The average molecular weight is 269 g/mol. The van der Waals surface area contributed by atoms with E-state index in [-0.39, 0.29) is 6.04 Å². The molecule has 0 aliphatic rings. The Morgan fingerprint density at radius 3 is 2.50 bits per heavy atom. The minimum absolute atomic E-state index is 0.264. The highest BCUT2D eigenvalue weighted by atomic mass is 15.0. The second-order valence-electron chi connectivity index (χ2n) is 4.99. The monoisotopic (exact) mass is 269 g/mol. The molecule has 0 saturated heterocycles. The van der Waals surface area contributed by atoms with Gasteiger partial charge in [0.1, 0.15) is 5.82 Å². The molecule has 20 heavy (non-hydrogen) atoms. The summed E-state index contributed by atoms with van der Waals surface area (Å²) >= 11 is 0. The van der Waals surface area contributed by atoms with Crippen LogP contribution in [0.1, 0.15) is 43.6 Å². The van der Waals surface area contributed by atoms with Gasteiger partial charge in [-0.2, -0.15) is 0 Å². The predicted molar refractivity (Wildman–Crippen MR) is 82.4 cm³/mol. The van der Waals surface area contributed by atoms with Crippen molar-refractivity contribution in [2.45, 2.75) is 38.6 Å². The molecular weight excluding hydrogens is 246 g/mol. The normalized spacial score (nSPS) is 12.2. The molecule has 2 rings (SSSR count). The molecule has 0 bridgehead atoms. The van der Waals surface area contributed by atoms with Crippen molar-refractivity contribution in [2.75, 3.05) is 6.54 Å². The standard InChI is InChI=1S/C17H23N3/c1-2-12-18-16(17-19-13-7-14-20-17)11-6-10-15-8-4-3-5-9-15/h3-5,7-9,13-14,16,18H,2,6,10-12H2,1H3. The van der Waals surface area contributed by atoms with E-state index < -0.39 is 0 Å². The summed E-state index contributed by atoms with van der Waals surface area (Å²) in [5.41, 5.74) is 1.40. The average Bonchev–Trinajstić information content (AvgIpc) is 2.52. The lowest BCUT2D eigenvalue weighted by atomic mass is 10.0. The molecule has 0 spiro atoms. The van der Waals surface area contributed by atoms with Gasteiger partial charge in [-0.3, -0.25) is 0 Å². The fourth-order valence-corrected chi connectivity index (χ4v) is 2.29. The zero-order valence-corrected chi connectivity index (χ0v) is 12.1. The first-order valence-electron chi connectivity index (χ1n) is 7.44. The van der Waals surface area contributed by atoms with Gasteiger partial charge in [-0.1, -0.05) is 37.3 Å². The molecule has 0 aliphatic heterocycles. The fourth-order valence-electron chi connectivity index (χ4n) is 2.29. The number of aromatic nitrogens is 2. The third-order valence-electron chi connectivity index (χ3n) is 3.34. The molecule has 2 aromatic rings. The molecule has 1 aromatic heterocycles. The lowest BCUT2D eigenvalue weighted by Crippen LogP contribution is -2.24. The Balaban J connectivity index is 1.88. The quantitative estimate of drug-likeness (QED) is 0.796. The van der Waals surface area contributed by atoms with Crippen LogP contribution in [0.5, 0.6) is 0 Å². The molecule has 3 heteroatoms. The van der Waals surface area contributed by atoms with Crippen LogP contribution in [-0.4, -0.2) is 16.5 Å². The van der Waals surface area contributed by atoms with Crippen LogP contribution < -0.4 is 5.32 Å². The highest BCUT2D eigenvalue weighted by molar-refractivity contribution is 5.14. The Morgan fingerprint density at radius 2 is 1.80 bits per heavy atom. The van der Waals surface area contributed by atoms with Gasteiger partial charge in [-0.25, -0.2) is 9.97 Å². The molecule has 0 aliphatic carbocycles. The van der Waals surface area contributed by atoms with Gasteiger partial charge in [0, 0.05) is 12.4 Å². The van der Waals surface area contributed by atoms with E-state index in [9.17, 15) is 0 Å². The molecule has 1 unspecified atom stereocenters. The maximum absolute atomic E-state index is 4.38. The summed E-state index contributed by atoms with van der Waals surface area (Å²) in [5.74, 6) is 0.911. The van der Waals surface area contributed by atoms with Crippen LogP contribution in [0.3, 0.4) is 0 Å². The molecule has 0 saturated carbocycles. The van der Waals surface area contributed by atoms with Gasteiger partial charge in [0.05, 0.1) is 6.04 Å². The second kappa shape index (κ2) is 8.43. The second-order valence-corrected chi connectivity index (χ2v) is 4.99. The first kappa shape index (κ1) is 14.7. The van der Waals surface area contributed by atoms with Gasteiger partial charge < -0.3 is 5.32 Å². The molecule has 1 heterocycles. The Kier molecular flexibility index (Phi) is 6.18. The van der Waals surface area contributed by atoms with E-state index in [1.54, 1.807) is 0 Å². The lowest BCUT2D eigenvalue weighted by Gasteiger charge is -2.16. The Bertz CT molecular complexity index is 470. The first-order chi connectivity index (χ1) is 9.90. The van der Waals surface area contributed by atoms with Crippen LogP contribution in [0.15, 0.2) is 48.8 Å². The first-order valence-corrected chi connectivity index (χ1v) is 7.44. The third kappa shape index (κ3) is 4.74. The van der Waals surface area contributed by atoms with E-state index in [0.29, 0.717) is 0 Å².